The lowest BCUT2D eigenvalue weighted by atomic mass is 9.90. The molecule has 1 heterocycles. The first-order valence-electron chi connectivity index (χ1n) is 5.49. The second-order valence-corrected chi connectivity index (χ2v) is 4.20. The Kier molecular flexibility index (Phi) is 3.41. The topological polar surface area (TPSA) is 55.5 Å². The molecule has 2 atom stereocenters. The average Bonchev–Trinajstić information content (AvgIpc) is 2.32. The second-order valence-electron chi connectivity index (χ2n) is 4.20. The Hall–Kier alpha value is -1.13. The fraction of sp³-hybridized carbons (Fsp3) is 0.500. The lowest BCUT2D eigenvalue weighted by Gasteiger charge is -2.27. The Balaban J connectivity index is 2.18. The van der Waals surface area contributed by atoms with Gasteiger partial charge in [-0.25, -0.2) is 4.39 Å². The first kappa shape index (κ1) is 11.4. The molecule has 1 aliphatic rings. The van der Waals surface area contributed by atoms with Crippen molar-refractivity contribution in [1.82, 2.24) is 0 Å². The van der Waals surface area contributed by atoms with Crippen LogP contribution in [0.15, 0.2) is 18.2 Å². The zero-order chi connectivity index (χ0) is 11.5. The summed E-state index contributed by atoms with van der Waals surface area (Å²) in [6.07, 6.45) is 1.07. The Bertz CT molecular complexity index is 364. The first-order chi connectivity index (χ1) is 7.68. The van der Waals surface area contributed by atoms with Crippen LogP contribution in [0.3, 0.4) is 0 Å². The van der Waals surface area contributed by atoms with E-state index in [9.17, 15) is 9.50 Å². The number of hydrogen-bond acceptors (Lipinski definition) is 3. The highest BCUT2D eigenvalue weighted by atomic mass is 19.1. The molecule has 0 aliphatic carbocycles. The van der Waals surface area contributed by atoms with Gasteiger partial charge in [0.1, 0.15) is 5.82 Å². The number of halogens is 1. The third-order valence-corrected chi connectivity index (χ3v) is 3.01. The number of rotatable bonds is 2. The maximum atomic E-state index is 13.1. The van der Waals surface area contributed by atoms with Crippen LogP contribution in [-0.2, 0) is 4.74 Å². The highest BCUT2D eigenvalue weighted by Crippen LogP contribution is 2.32. The van der Waals surface area contributed by atoms with Gasteiger partial charge >= 0.3 is 0 Å². The number of ether oxygens (including phenoxy) is 1. The average molecular weight is 225 g/mol. The minimum atomic E-state index is -0.740. The molecule has 0 aromatic heterocycles. The van der Waals surface area contributed by atoms with Crippen LogP contribution in [0.25, 0.3) is 0 Å². The third-order valence-electron chi connectivity index (χ3n) is 3.01. The van der Waals surface area contributed by atoms with Crippen LogP contribution in [0.2, 0.25) is 0 Å². The quantitative estimate of drug-likeness (QED) is 0.755. The molecule has 1 saturated heterocycles. The van der Waals surface area contributed by atoms with Crippen LogP contribution in [-0.4, -0.2) is 18.3 Å². The molecule has 88 valence electrons. The highest BCUT2D eigenvalue weighted by molar-refractivity contribution is 5.48. The van der Waals surface area contributed by atoms with E-state index in [2.05, 4.69) is 0 Å². The molecule has 2 rings (SSSR count). The molecular formula is C12H16FNO2. The van der Waals surface area contributed by atoms with Crippen LogP contribution in [0, 0.1) is 11.7 Å². The number of nitrogens with two attached hydrogens (primary N) is 1. The van der Waals surface area contributed by atoms with Gasteiger partial charge in [-0.3, -0.25) is 0 Å². The number of hydrogen-bond donors (Lipinski definition) is 2. The van der Waals surface area contributed by atoms with Crippen molar-refractivity contribution in [3.8, 4) is 0 Å². The van der Waals surface area contributed by atoms with E-state index in [1.807, 2.05) is 0 Å². The summed E-state index contributed by atoms with van der Waals surface area (Å²) < 4.78 is 18.4. The van der Waals surface area contributed by atoms with Crippen LogP contribution < -0.4 is 5.73 Å². The van der Waals surface area contributed by atoms with Crippen molar-refractivity contribution in [1.29, 1.82) is 0 Å². The van der Waals surface area contributed by atoms with E-state index in [0.717, 1.165) is 19.4 Å². The molecule has 16 heavy (non-hydrogen) atoms. The predicted molar refractivity (Wildman–Crippen MR) is 59.3 cm³/mol. The van der Waals surface area contributed by atoms with Gasteiger partial charge in [0.25, 0.3) is 0 Å². The van der Waals surface area contributed by atoms with E-state index in [0.29, 0.717) is 17.9 Å². The van der Waals surface area contributed by atoms with Crippen molar-refractivity contribution in [2.75, 3.05) is 18.9 Å². The molecule has 1 aliphatic heterocycles. The summed E-state index contributed by atoms with van der Waals surface area (Å²) in [6, 6.07) is 4.08. The van der Waals surface area contributed by atoms with Crippen LogP contribution in [0.5, 0.6) is 0 Å². The van der Waals surface area contributed by atoms with Gasteiger partial charge in [-0.2, -0.15) is 0 Å². The van der Waals surface area contributed by atoms with Gasteiger partial charge < -0.3 is 15.6 Å². The summed E-state index contributed by atoms with van der Waals surface area (Å²) in [6.45, 7) is 1.25. The number of benzene rings is 1. The van der Waals surface area contributed by atoms with Gasteiger partial charge in [-0.05, 0) is 31.0 Å². The summed E-state index contributed by atoms with van der Waals surface area (Å²) in [5.41, 5.74) is 6.63. The van der Waals surface area contributed by atoms with Crippen molar-refractivity contribution in [2.45, 2.75) is 18.9 Å². The molecule has 1 fully saturated rings. The van der Waals surface area contributed by atoms with Gasteiger partial charge in [0.15, 0.2) is 0 Å². The van der Waals surface area contributed by atoms with E-state index in [1.165, 1.54) is 18.2 Å². The molecule has 1 aromatic rings. The Labute approximate surface area is 94.0 Å². The molecule has 3 nitrogen and oxygen atoms in total. The van der Waals surface area contributed by atoms with Crippen LogP contribution in [0.4, 0.5) is 10.1 Å². The minimum absolute atomic E-state index is 0.0119. The molecule has 0 bridgehead atoms. The summed E-state index contributed by atoms with van der Waals surface area (Å²) in [5, 5.41) is 10.1. The van der Waals surface area contributed by atoms with E-state index in [1.54, 1.807) is 0 Å². The van der Waals surface area contributed by atoms with Gasteiger partial charge in [-0.1, -0.05) is 0 Å². The normalized spacial score (nSPS) is 23.0. The zero-order valence-corrected chi connectivity index (χ0v) is 9.03. The molecule has 0 radical (unpaired) electrons. The smallest absolute Gasteiger partial charge is 0.123 e. The Morgan fingerprint density at radius 2 is 2.31 bits per heavy atom. The second kappa shape index (κ2) is 4.80. The summed E-state index contributed by atoms with van der Waals surface area (Å²) in [5.74, 6) is -0.363. The molecule has 3 N–H and O–H groups in total. The van der Waals surface area contributed by atoms with E-state index in [4.69, 9.17) is 10.5 Å². The molecule has 0 spiro atoms. The number of anilines is 1. The van der Waals surface area contributed by atoms with E-state index in [-0.39, 0.29) is 11.7 Å². The number of aliphatic hydroxyl groups excluding tert-OH is 1. The molecule has 0 saturated carbocycles. The lowest BCUT2D eigenvalue weighted by Crippen LogP contribution is -2.24. The van der Waals surface area contributed by atoms with Crippen molar-refractivity contribution >= 4 is 5.69 Å². The van der Waals surface area contributed by atoms with E-state index < -0.39 is 6.10 Å². The minimum Gasteiger partial charge on any atom is -0.398 e. The monoisotopic (exact) mass is 225 g/mol. The van der Waals surface area contributed by atoms with Gasteiger partial charge in [0.2, 0.25) is 0 Å². The van der Waals surface area contributed by atoms with Crippen LogP contribution >= 0.6 is 0 Å². The SMILES string of the molecule is Nc1ccc(F)cc1C(O)C1CCCOC1. The zero-order valence-electron chi connectivity index (χ0n) is 9.03. The molecule has 4 heteroatoms. The predicted octanol–water partition coefficient (Wildman–Crippen LogP) is 1.87. The Morgan fingerprint density at radius 1 is 1.50 bits per heavy atom. The molecule has 2 unspecified atom stereocenters. The lowest BCUT2D eigenvalue weighted by molar-refractivity contribution is -0.00978. The van der Waals surface area contributed by atoms with Crippen LogP contribution in [0.1, 0.15) is 24.5 Å². The fourth-order valence-electron chi connectivity index (χ4n) is 2.07. The number of aliphatic hydroxyl groups is 1. The van der Waals surface area contributed by atoms with Crippen molar-refractivity contribution in [3.63, 3.8) is 0 Å². The third kappa shape index (κ3) is 2.33. The largest absolute Gasteiger partial charge is 0.398 e. The van der Waals surface area contributed by atoms with Crippen molar-refractivity contribution in [2.24, 2.45) is 5.92 Å². The Morgan fingerprint density at radius 3 is 3.00 bits per heavy atom. The van der Waals surface area contributed by atoms with Crippen molar-refractivity contribution in [3.05, 3.63) is 29.6 Å². The van der Waals surface area contributed by atoms with Gasteiger partial charge in [-0.15, -0.1) is 0 Å². The summed E-state index contributed by atoms with van der Waals surface area (Å²) in [7, 11) is 0. The summed E-state index contributed by atoms with van der Waals surface area (Å²) in [4.78, 5) is 0. The van der Waals surface area contributed by atoms with Crippen molar-refractivity contribution < 1.29 is 14.2 Å². The summed E-state index contributed by atoms with van der Waals surface area (Å²) >= 11 is 0. The number of nitrogen functional groups attached to an aromatic ring is 1. The first-order valence-corrected chi connectivity index (χ1v) is 5.49. The van der Waals surface area contributed by atoms with E-state index >= 15 is 0 Å². The van der Waals surface area contributed by atoms with Gasteiger partial charge in [0.05, 0.1) is 12.7 Å². The molecule has 1 aromatic carbocycles. The molecule has 0 amide bonds. The van der Waals surface area contributed by atoms with Gasteiger partial charge in [0, 0.05) is 23.8 Å². The maximum Gasteiger partial charge on any atom is 0.123 e. The molecular weight excluding hydrogens is 209 g/mol. The highest BCUT2D eigenvalue weighted by Gasteiger charge is 2.25. The fourth-order valence-corrected chi connectivity index (χ4v) is 2.07. The maximum absolute atomic E-state index is 13.1. The standard InChI is InChI=1S/C12H16FNO2/c13-9-3-4-11(14)10(6-9)12(15)8-2-1-5-16-7-8/h3-4,6,8,12,15H,1-2,5,7,14H2.